The van der Waals surface area contributed by atoms with E-state index in [1.54, 1.807) is 6.07 Å². The van der Waals surface area contributed by atoms with Gasteiger partial charge in [-0.15, -0.1) is 0 Å². The molecule has 19 heavy (non-hydrogen) atoms. The summed E-state index contributed by atoms with van der Waals surface area (Å²) >= 11 is 3.36. The van der Waals surface area contributed by atoms with E-state index in [1.807, 2.05) is 6.07 Å². The van der Waals surface area contributed by atoms with E-state index in [0.29, 0.717) is 0 Å². The first kappa shape index (κ1) is 14.9. The number of rotatable bonds is 5. The molecule has 4 heteroatoms. The van der Waals surface area contributed by atoms with Crippen molar-refractivity contribution in [2.45, 2.75) is 32.8 Å². The molecule has 1 aliphatic heterocycles. The van der Waals surface area contributed by atoms with Crippen LogP contribution in [-0.2, 0) is 11.2 Å². The second-order valence-electron chi connectivity index (χ2n) is 5.36. The number of ether oxygens (including phenoxy) is 1. The van der Waals surface area contributed by atoms with E-state index in [4.69, 9.17) is 4.74 Å². The van der Waals surface area contributed by atoms with Crippen LogP contribution in [0.25, 0.3) is 0 Å². The lowest BCUT2D eigenvalue weighted by Crippen LogP contribution is -2.41. The van der Waals surface area contributed by atoms with Crippen LogP contribution in [0.1, 0.15) is 25.8 Å². The minimum atomic E-state index is -0.186. The molecule has 2 rings (SSSR count). The summed E-state index contributed by atoms with van der Waals surface area (Å²) < 4.78 is 20.1. The van der Waals surface area contributed by atoms with Gasteiger partial charge in [-0.1, -0.05) is 22.9 Å². The predicted octanol–water partition coefficient (Wildman–Crippen LogP) is 3.54. The highest BCUT2D eigenvalue weighted by atomic mass is 79.9. The van der Waals surface area contributed by atoms with E-state index >= 15 is 0 Å². The highest BCUT2D eigenvalue weighted by molar-refractivity contribution is 9.10. The van der Waals surface area contributed by atoms with E-state index in [9.17, 15) is 4.39 Å². The molecule has 0 aliphatic carbocycles. The van der Waals surface area contributed by atoms with E-state index in [-0.39, 0.29) is 17.3 Å². The van der Waals surface area contributed by atoms with Crippen LogP contribution in [0.3, 0.4) is 0 Å². The quantitative estimate of drug-likeness (QED) is 0.892. The molecule has 0 spiro atoms. The summed E-state index contributed by atoms with van der Waals surface area (Å²) in [6, 6.07) is 5.13. The fourth-order valence-corrected chi connectivity index (χ4v) is 3.35. The molecule has 106 valence electrons. The summed E-state index contributed by atoms with van der Waals surface area (Å²) in [6.45, 7) is 6.88. The maximum atomic E-state index is 13.5. The van der Waals surface area contributed by atoms with E-state index in [2.05, 4.69) is 35.1 Å². The number of halogens is 2. The molecule has 0 bridgehead atoms. The standard InChI is InChI=1S/C15H21BrFNO/c1-3-18-10-15(4-5-19-11(15)2)9-12-6-13(16)8-14(17)7-12/h6-8,11,18H,3-5,9-10H2,1-2H3. The summed E-state index contributed by atoms with van der Waals surface area (Å²) in [6.07, 6.45) is 2.07. The third-order valence-corrected chi connectivity index (χ3v) is 4.49. The number of hydrogen-bond acceptors (Lipinski definition) is 2. The van der Waals surface area contributed by atoms with Crippen molar-refractivity contribution < 1.29 is 9.13 Å². The summed E-state index contributed by atoms with van der Waals surface area (Å²) in [7, 11) is 0. The molecule has 1 N–H and O–H groups in total. The van der Waals surface area contributed by atoms with Crippen molar-refractivity contribution in [3.05, 3.63) is 34.1 Å². The van der Waals surface area contributed by atoms with Crippen LogP contribution in [0.15, 0.2) is 22.7 Å². The third-order valence-electron chi connectivity index (χ3n) is 4.04. The van der Waals surface area contributed by atoms with Crippen LogP contribution in [0, 0.1) is 11.2 Å². The Kier molecular flexibility index (Phi) is 4.98. The van der Waals surface area contributed by atoms with Crippen molar-refractivity contribution in [3.8, 4) is 0 Å². The van der Waals surface area contributed by atoms with Crippen molar-refractivity contribution in [3.63, 3.8) is 0 Å². The molecular formula is C15H21BrFNO. The van der Waals surface area contributed by atoms with Crippen molar-refractivity contribution in [2.75, 3.05) is 19.7 Å². The Bertz CT molecular complexity index is 420. The molecule has 1 aromatic rings. The van der Waals surface area contributed by atoms with Crippen molar-refractivity contribution >= 4 is 15.9 Å². The Labute approximate surface area is 122 Å². The van der Waals surface area contributed by atoms with Crippen molar-refractivity contribution in [2.24, 2.45) is 5.41 Å². The fraction of sp³-hybridized carbons (Fsp3) is 0.600. The summed E-state index contributed by atoms with van der Waals surface area (Å²) in [5.41, 5.74) is 1.10. The average molecular weight is 330 g/mol. The molecular weight excluding hydrogens is 309 g/mol. The van der Waals surface area contributed by atoms with Gasteiger partial charge in [0.25, 0.3) is 0 Å². The monoisotopic (exact) mass is 329 g/mol. The number of hydrogen-bond donors (Lipinski definition) is 1. The van der Waals surface area contributed by atoms with Gasteiger partial charge in [0.15, 0.2) is 0 Å². The van der Waals surface area contributed by atoms with Gasteiger partial charge in [-0.25, -0.2) is 4.39 Å². The molecule has 1 aliphatic rings. The average Bonchev–Trinajstić information content (AvgIpc) is 2.67. The van der Waals surface area contributed by atoms with Gasteiger partial charge in [-0.05, 0) is 50.1 Å². The Morgan fingerprint density at radius 2 is 2.26 bits per heavy atom. The Balaban J connectivity index is 2.20. The second kappa shape index (κ2) is 6.33. The van der Waals surface area contributed by atoms with Gasteiger partial charge < -0.3 is 10.1 Å². The molecule has 1 aromatic carbocycles. The molecule has 1 saturated heterocycles. The van der Waals surface area contributed by atoms with Crippen LogP contribution >= 0.6 is 15.9 Å². The van der Waals surface area contributed by atoms with E-state index < -0.39 is 0 Å². The summed E-state index contributed by atoms with van der Waals surface area (Å²) in [5.74, 6) is -0.186. The summed E-state index contributed by atoms with van der Waals surface area (Å²) in [4.78, 5) is 0. The SMILES string of the molecule is CCNCC1(Cc2cc(F)cc(Br)c2)CCOC1C. The molecule has 1 heterocycles. The predicted molar refractivity (Wildman–Crippen MR) is 78.8 cm³/mol. The van der Waals surface area contributed by atoms with Gasteiger partial charge in [-0.3, -0.25) is 0 Å². The van der Waals surface area contributed by atoms with Crippen LogP contribution < -0.4 is 5.32 Å². The smallest absolute Gasteiger partial charge is 0.124 e. The minimum Gasteiger partial charge on any atom is -0.378 e. The van der Waals surface area contributed by atoms with Crippen molar-refractivity contribution in [1.29, 1.82) is 0 Å². The highest BCUT2D eigenvalue weighted by Gasteiger charge is 2.41. The molecule has 0 aromatic heterocycles. The Morgan fingerprint density at radius 1 is 1.47 bits per heavy atom. The molecule has 2 atom stereocenters. The summed E-state index contributed by atoms with van der Waals surface area (Å²) in [5, 5.41) is 3.43. The fourth-order valence-electron chi connectivity index (χ4n) is 2.84. The van der Waals surface area contributed by atoms with Gasteiger partial charge >= 0.3 is 0 Å². The lowest BCUT2D eigenvalue weighted by molar-refractivity contribution is 0.0632. The zero-order chi connectivity index (χ0) is 13.9. The topological polar surface area (TPSA) is 21.3 Å². The van der Waals surface area contributed by atoms with Crippen LogP contribution in [0.5, 0.6) is 0 Å². The first-order chi connectivity index (χ1) is 9.05. The lowest BCUT2D eigenvalue weighted by Gasteiger charge is -2.32. The van der Waals surface area contributed by atoms with Gasteiger partial charge in [0.1, 0.15) is 5.82 Å². The molecule has 2 unspecified atom stereocenters. The maximum Gasteiger partial charge on any atom is 0.124 e. The molecule has 0 radical (unpaired) electrons. The normalized spacial score (nSPS) is 26.8. The first-order valence-corrected chi connectivity index (χ1v) is 7.62. The van der Waals surface area contributed by atoms with Crippen LogP contribution in [0.2, 0.25) is 0 Å². The first-order valence-electron chi connectivity index (χ1n) is 6.83. The number of benzene rings is 1. The molecule has 0 saturated carbocycles. The van der Waals surface area contributed by atoms with Gasteiger partial charge in [0.2, 0.25) is 0 Å². The minimum absolute atomic E-state index is 0.0727. The van der Waals surface area contributed by atoms with Crippen LogP contribution in [0.4, 0.5) is 4.39 Å². The Morgan fingerprint density at radius 3 is 2.84 bits per heavy atom. The van der Waals surface area contributed by atoms with Crippen molar-refractivity contribution in [1.82, 2.24) is 5.32 Å². The van der Waals surface area contributed by atoms with Gasteiger partial charge in [-0.2, -0.15) is 0 Å². The zero-order valence-electron chi connectivity index (χ0n) is 11.5. The van der Waals surface area contributed by atoms with Gasteiger partial charge in [0.05, 0.1) is 6.10 Å². The highest BCUT2D eigenvalue weighted by Crippen LogP contribution is 2.38. The molecule has 2 nitrogen and oxygen atoms in total. The van der Waals surface area contributed by atoms with E-state index in [0.717, 1.165) is 42.6 Å². The molecule has 0 amide bonds. The van der Waals surface area contributed by atoms with E-state index in [1.165, 1.54) is 6.07 Å². The number of nitrogens with one attached hydrogen (secondary N) is 1. The lowest BCUT2D eigenvalue weighted by atomic mass is 9.76. The molecule has 1 fully saturated rings. The zero-order valence-corrected chi connectivity index (χ0v) is 13.1. The Hall–Kier alpha value is -0.450. The largest absolute Gasteiger partial charge is 0.378 e. The van der Waals surface area contributed by atoms with Gasteiger partial charge in [0, 0.05) is 23.0 Å². The third kappa shape index (κ3) is 3.56. The maximum absolute atomic E-state index is 13.5. The second-order valence-corrected chi connectivity index (χ2v) is 6.28. The van der Waals surface area contributed by atoms with Crippen LogP contribution in [-0.4, -0.2) is 25.8 Å².